The average Bonchev–Trinajstić information content (AvgIpc) is 2.54. The van der Waals surface area contributed by atoms with Crippen molar-refractivity contribution in [2.24, 2.45) is 0 Å². The molecule has 1 aliphatic heterocycles. The van der Waals surface area contributed by atoms with Gasteiger partial charge in [-0.1, -0.05) is 6.08 Å². The Balaban J connectivity index is 2.30. The number of hydrogen-bond acceptors (Lipinski definition) is 4. The van der Waals surface area contributed by atoms with Crippen molar-refractivity contribution >= 4 is 5.97 Å². The Morgan fingerprint density at radius 3 is 2.88 bits per heavy atom. The lowest BCUT2D eigenvalue weighted by Crippen LogP contribution is -2.45. The molecule has 1 fully saturated rings. The Labute approximate surface area is 95.1 Å². The summed E-state index contributed by atoms with van der Waals surface area (Å²) in [4.78, 5) is 10.5. The number of ether oxygens (including phenoxy) is 1. The van der Waals surface area contributed by atoms with Crippen molar-refractivity contribution in [1.82, 2.24) is 5.32 Å². The summed E-state index contributed by atoms with van der Waals surface area (Å²) >= 11 is 0. The molecular weight excluding hydrogens is 210 g/mol. The third kappa shape index (κ3) is 3.30. The van der Waals surface area contributed by atoms with Crippen LogP contribution in [0.4, 0.5) is 0 Å². The van der Waals surface area contributed by atoms with Crippen LogP contribution in [0.15, 0.2) is 11.6 Å². The van der Waals surface area contributed by atoms with Crippen molar-refractivity contribution in [3.63, 3.8) is 0 Å². The van der Waals surface area contributed by atoms with E-state index in [1.165, 1.54) is 0 Å². The van der Waals surface area contributed by atoms with E-state index in [0.29, 0.717) is 31.7 Å². The van der Waals surface area contributed by atoms with E-state index in [-0.39, 0.29) is 6.10 Å². The number of nitrogens with one attached hydrogen (secondary N) is 1. The Kier molecular flexibility index (Phi) is 4.46. The second-order valence-corrected chi connectivity index (χ2v) is 4.19. The molecule has 0 aromatic rings. The standard InChI is InChI=1S/C11H19NO4/c1-8(10(13)14)3-5-12-7-11(15)4-6-16-9(11)2/h3,9,12,15H,4-7H2,1-2H3,(H,13,14)/b8-3-. The highest BCUT2D eigenvalue weighted by molar-refractivity contribution is 5.85. The van der Waals surface area contributed by atoms with Gasteiger partial charge in [0, 0.05) is 31.7 Å². The van der Waals surface area contributed by atoms with Gasteiger partial charge in [-0.25, -0.2) is 4.79 Å². The van der Waals surface area contributed by atoms with Crippen LogP contribution in [0.25, 0.3) is 0 Å². The van der Waals surface area contributed by atoms with E-state index in [2.05, 4.69) is 5.32 Å². The number of rotatable bonds is 5. The maximum Gasteiger partial charge on any atom is 0.330 e. The Morgan fingerprint density at radius 1 is 1.69 bits per heavy atom. The number of aliphatic carboxylic acids is 1. The predicted octanol–water partition coefficient (Wildman–Crippen LogP) is 0.147. The molecule has 1 aliphatic rings. The predicted molar refractivity (Wildman–Crippen MR) is 59.2 cm³/mol. The third-order valence-corrected chi connectivity index (χ3v) is 2.98. The first-order valence-corrected chi connectivity index (χ1v) is 5.40. The molecule has 0 aliphatic carbocycles. The quantitative estimate of drug-likeness (QED) is 0.462. The van der Waals surface area contributed by atoms with Crippen LogP contribution in [-0.2, 0) is 9.53 Å². The summed E-state index contributed by atoms with van der Waals surface area (Å²) < 4.78 is 5.29. The first kappa shape index (κ1) is 13.2. The zero-order chi connectivity index (χ0) is 12.2. The van der Waals surface area contributed by atoms with Gasteiger partial charge in [-0.2, -0.15) is 0 Å². The lowest BCUT2D eigenvalue weighted by molar-refractivity contribution is -0.132. The molecule has 92 valence electrons. The molecule has 1 heterocycles. The molecule has 0 aromatic carbocycles. The summed E-state index contributed by atoms with van der Waals surface area (Å²) in [6.07, 6.45) is 2.03. The average molecular weight is 229 g/mol. The van der Waals surface area contributed by atoms with Crippen molar-refractivity contribution in [2.45, 2.75) is 32.0 Å². The zero-order valence-electron chi connectivity index (χ0n) is 9.69. The van der Waals surface area contributed by atoms with Gasteiger partial charge in [-0.05, 0) is 13.8 Å². The first-order valence-electron chi connectivity index (χ1n) is 5.40. The fourth-order valence-corrected chi connectivity index (χ4v) is 1.60. The second kappa shape index (κ2) is 5.43. The number of hydrogen-bond donors (Lipinski definition) is 3. The van der Waals surface area contributed by atoms with Crippen LogP contribution in [0.3, 0.4) is 0 Å². The molecule has 0 amide bonds. The summed E-state index contributed by atoms with van der Waals surface area (Å²) in [5, 5.41) is 21.7. The molecule has 3 N–H and O–H groups in total. The van der Waals surface area contributed by atoms with Gasteiger partial charge in [-0.3, -0.25) is 0 Å². The lowest BCUT2D eigenvalue weighted by Gasteiger charge is -2.25. The molecule has 5 heteroatoms. The van der Waals surface area contributed by atoms with Crippen molar-refractivity contribution in [3.8, 4) is 0 Å². The Morgan fingerprint density at radius 2 is 2.38 bits per heavy atom. The van der Waals surface area contributed by atoms with E-state index in [9.17, 15) is 9.90 Å². The second-order valence-electron chi connectivity index (χ2n) is 4.19. The monoisotopic (exact) mass is 229 g/mol. The third-order valence-electron chi connectivity index (χ3n) is 2.98. The highest BCUT2D eigenvalue weighted by atomic mass is 16.5. The first-order chi connectivity index (χ1) is 7.46. The van der Waals surface area contributed by atoms with E-state index in [4.69, 9.17) is 9.84 Å². The molecule has 0 aromatic heterocycles. The van der Waals surface area contributed by atoms with Crippen LogP contribution in [0.5, 0.6) is 0 Å². The SMILES string of the molecule is C/C(=C/CNCC1(O)CCOC1C)C(=O)O. The van der Waals surface area contributed by atoms with Gasteiger partial charge in [-0.15, -0.1) is 0 Å². The smallest absolute Gasteiger partial charge is 0.330 e. The maximum atomic E-state index is 10.5. The van der Waals surface area contributed by atoms with Gasteiger partial charge in [0.25, 0.3) is 0 Å². The van der Waals surface area contributed by atoms with E-state index < -0.39 is 11.6 Å². The molecule has 0 bridgehead atoms. The lowest BCUT2D eigenvalue weighted by atomic mass is 9.97. The van der Waals surface area contributed by atoms with E-state index in [1.54, 1.807) is 13.0 Å². The molecule has 0 spiro atoms. The Bertz CT molecular complexity index is 290. The minimum absolute atomic E-state index is 0.176. The zero-order valence-corrected chi connectivity index (χ0v) is 9.69. The van der Waals surface area contributed by atoms with Crippen molar-refractivity contribution < 1.29 is 19.7 Å². The fourth-order valence-electron chi connectivity index (χ4n) is 1.60. The van der Waals surface area contributed by atoms with Gasteiger partial charge in [0.1, 0.15) is 5.60 Å². The minimum atomic E-state index is -0.918. The summed E-state index contributed by atoms with van der Waals surface area (Å²) in [7, 11) is 0. The summed E-state index contributed by atoms with van der Waals surface area (Å²) in [5.41, 5.74) is -0.527. The van der Waals surface area contributed by atoms with Gasteiger partial charge in [0.2, 0.25) is 0 Å². The molecular formula is C11H19NO4. The largest absolute Gasteiger partial charge is 0.478 e. The maximum absolute atomic E-state index is 10.5. The Hall–Kier alpha value is -0.910. The molecule has 1 saturated heterocycles. The molecule has 2 atom stereocenters. The van der Waals surface area contributed by atoms with E-state index >= 15 is 0 Å². The summed E-state index contributed by atoms with van der Waals surface area (Å²) in [6.45, 7) is 4.81. The van der Waals surface area contributed by atoms with Gasteiger partial charge < -0.3 is 20.3 Å². The van der Waals surface area contributed by atoms with E-state index in [1.807, 2.05) is 6.92 Å². The molecule has 1 rings (SSSR count). The van der Waals surface area contributed by atoms with Crippen molar-refractivity contribution in [1.29, 1.82) is 0 Å². The highest BCUT2D eigenvalue weighted by Crippen LogP contribution is 2.24. The highest BCUT2D eigenvalue weighted by Gasteiger charge is 2.38. The normalized spacial score (nSPS) is 30.7. The number of carbonyl (C=O) groups is 1. The molecule has 16 heavy (non-hydrogen) atoms. The van der Waals surface area contributed by atoms with Crippen LogP contribution >= 0.6 is 0 Å². The molecule has 0 saturated carbocycles. The van der Waals surface area contributed by atoms with Crippen LogP contribution in [0, 0.1) is 0 Å². The van der Waals surface area contributed by atoms with Crippen LogP contribution in [0.2, 0.25) is 0 Å². The van der Waals surface area contributed by atoms with Gasteiger partial charge in [0.15, 0.2) is 0 Å². The van der Waals surface area contributed by atoms with Gasteiger partial charge in [0.05, 0.1) is 6.10 Å². The molecule has 0 radical (unpaired) electrons. The summed E-state index contributed by atoms with van der Waals surface area (Å²) in [6, 6.07) is 0. The molecule has 2 unspecified atom stereocenters. The van der Waals surface area contributed by atoms with Gasteiger partial charge >= 0.3 is 5.97 Å². The van der Waals surface area contributed by atoms with E-state index in [0.717, 1.165) is 0 Å². The number of carboxylic acid groups (broad SMARTS) is 1. The van der Waals surface area contributed by atoms with Crippen LogP contribution < -0.4 is 5.32 Å². The van der Waals surface area contributed by atoms with Crippen LogP contribution in [-0.4, -0.2) is 47.6 Å². The van der Waals surface area contributed by atoms with Crippen molar-refractivity contribution in [3.05, 3.63) is 11.6 Å². The summed E-state index contributed by atoms with van der Waals surface area (Å²) in [5.74, 6) is -0.918. The topological polar surface area (TPSA) is 78.8 Å². The van der Waals surface area contributed by atoms with Crippen LogP contribution in [0.1, 0.15) is 20.3 Å². The van der Waals surface area contributed by atoms with Crippen molar-refractivity contribution in [2.75, 3.05) is 19.7 Å². The molecule has 5 nitrogen and oxygen atoms in total. The number of carboxylic acids is 1. The minimum Gasteiger partial charge on any atom is -0.478 e. The fraction of sp³-hybridized carbons (Fsp3) is 0.727. The number of aliphatic hydroxyl groups is 1.